The Balaban J connectivity index is 1.84. The van der Waals surface area contributed by atoms with Crippen molar-refractivity contribution in [2.75, 3.05) is 53.0 Å². The number of nitrogens with zero attached hydrogens (tertiary/aromatic N) is 2. The van der Waals surface area contributed by atoms with Gasteiger partial charge in [-0.1, -0.05) is 12.1 Å². The highest BCUT2D eigenvalue weighted by Gasteiger charge is 2.28. The van der Waals surface area contributed by atoms with Crippen LogP contribution in [0.3, 0.4) is 0 Å². The van der Waals surface area contributed by atoms with Crippen molar-refractivity contribution >= 4 is 5.96 Å². The van der Waals surface area contributed by atoms with Crippen LogP contribution in [0.4, 0.5) is 13.2 Å². The number of ether oxygens (including phenoxy) is 2. The van der Waals surface area contributed by atoms with E-state index in [1.54, 1.807) is 19.2 Å². The van der Waals surface area contributed by atoms with Crippen molar-refractivity contribution in [3.8, 4) is 5.75 Å². The van der Waals surface area contributed by atoms with Crippen molar-refractivity contribution in [3.63, 3.8) is 0 Å². The number of hydrogen-bond donors (Lipinski definition) is 2. The molecule has 1 aliphatic heterocycles. The van der Waals surface area contributed by atoms with Crippen molar-refractivity contribution in [2.24, 2.45) is 4.99 Å². The smallest absolute Gasteiger partial charge is 0.422 e. The second kappa shape index (κ2) is 10.4. The van der Waals surface area contributed by atoms with Gasteiger partial charge in [0.25, 0.3) is 0 Å². The first-order valence-corrected chi connectivity index (χ1v) is 8.91. The van der Waals surface area contributed by atoms with Crippen molar-refractivity contribution in [2.45, 2.75) is 19.6 Å². The Morgan fingerprint density at radius 1 is 1.26 bits per heavy atom. The van der Waals surface area contributed by atoms with E-state index in [-0.39, 0.29) is 5.75 Å². The molecule has 0 aliphatic carbocycles. The van der Waals surface area contributed by atoms with Crippen LogP contribution in [-0.4, -0.2) is 70.1 Å². The first-order valence-electron chi connectivity index (χ1n) is 8.91. The number of aryl methyl sites for hydroxylation is 1. The van der Waals surface area contributed by atoms with Gasteiger partial charge in [0.1, 0.15) is 5.75 Å². The van der Waals surface area contributed by atoms with Crippen LogP contribution in [-0.2, 0) is 11.3 Å². The summed E-state index contributed by atoms with van der Waals surface area (Å²) < 4.78 is 47.6. The molecule has 0 atom stereocenters. The van der Waals surface area contributed by atoms with Gasteiger partial charge < -0.3 is 20.1 Å². The zero-order valence-electron chi connectivity index (χ0n) is 15.7. The van der Waals surface area contributed by atoms with Gasteiger partial charge in [0.2, 0.25) is 0 Å². The molecule has 6 nitrogen and oxygen atoms in total. The van der Waals surface area contributed by atoms with Gasteiger partial charge >= 0.3 is 6.18 Å². The summed E-state index contributed by atoms with van der Waals surface area (Å²) in [6.07, 6.45) is -4.37. The normalized spacial score (nSPS) is 16.3. The third-order valence-corrected chi connectivity index (χ3v) is 4.11. The van der Waals surface area contributed by atoms with E-state index < -0.39 is 12.8 Å². The molecule has 152 valence electrons. The molecule has 27 heavy (non-hydrogen) atoms. The van der Waals surface area contributed by atoms with E-state index in [1.807, 2.05) is 13.0 Å². The largest absolute Gasteiger partial charge is 0.484 e. The second-order valence-corrected chi connectivity index (χ2v) is 6.32. The third-order valence-electron chi connectivity index (χ3n) is 4.11. The summed E-state index contributed by atoms with van der Waals surface area (Å²) in [4.78, 5) is 6.45. The number of alkyl halides is 3. The minimum Gasteiger partial charge on any atom is -0.484 e. The second-order valence-electron chi connectivity index (χ2n) is 6.32. The Morgan fingerprint density at radius 2 is 2.00 bits per heavy atom. The van der Waals surface area contributed by atoms with E-state index in [0.717, 1.165) is 38.4 Å². The van der Waals surface area contributed by atoms with Crippen LogP contribution in [0.5, 0.6) is 5.75 Å². The fourth-order valence-electron chi connectivity index (χ4n) is 2.66. The van der Waals surface area contributed by atoms with Gasteiger partial charge in [-0.3, -0.25) is 9.89 Å². The van der Waals surface area contributed by atoms with E-state index in [2.05, 4.69) is 20.5 Å². The van der Waals surface area contributed by atoms with Crippen molar-refractivity contribution in [1.82, 2.24) is 15.5 Å². The molecule has 1 saturated heterocycles. The van der Waals surface area contributed by atoms with Gasteiger partial charge in [-0.25, -0.2) is 0 Å². The topological polar surface area (TPSA) is 58.1 Å². The van der Waals surface area contributed by atoms with Crippen LogP contribution in [0.15, 0.2) is 23.2 Å². The molecule has 1 fully saturated rings. The standard InChI is InChI=1S/C18H27F3N4O2/c1-14-3-4-15(16(11-14)27-13-18(19,20)21)12-24-17(22-2)23-5-6-25-7-9-26-10-8-25/h3-4,11H,5-10,12-13H2,1-2H3,(H2,22,23,24). The monoisotopic (exact) mass is 388 g/mol. The number of morpholine rings is 1. The lowest BCUT2D eigenvalue weighted by atomic mass is 10.1. The fourth-order valence-corrected chi connectivity index (χ4v) is 2.66. The Labute approximate surface area is 157 Å². The quantitative estimate of drug-likeness (QED) is 0.552. The van der Waals surface area contributed by atoms with Crippen LogP contribution >= 0.6 is 0 Å². The van der Waals surface area contributed by atoms with E-state index in [0.29, 0.717) is 24.6 Å². The molecule has 2 rings (SSSR count). The Kier molecular flexibility index (Phi) is 8.18. The highest BCUT2D eigenvalue weighted by atomic mass is 19.4. The zero-order chi connectivity index (χ0) is 19.7. The van der Waals surface area contributed by atoms with E-state index in [9.17, 15) is 13.2 Å². The van der Waals surface area contributed by atoms with Gasteiger partial charge in [0.15, 0.2) is 12.6 Å². The van der Waals surface area contributed by atoms with Crippen LogP contribution in [0.1, 0.15) is 11.1 Å². The SMILES string of the molecule is CN=C(NCCN1CCOCC1)NCc1ccc(C)cc1OCC(F)(F)F. The fraction of sp³-hybridized carbons (Fsp3) is 0.611. The minimum atomic E-state index is -4.37. The summed E-state index contributed by atoms with van der Waals surface area (Å²) in [5.74, 6) is 0.814. The molecular weight excluding hydrogens is 361 g/mol. The first kappa shape index (κ1) is 21.3. The maximum absolute atomic E-state index is 12.5. The van der Waals surface area contributed by atoms with Crippen molar-refractivity contribution in [1.29, 1.82) is 0 Å². The first-order chi connectivity index (χ1) is 12.9. The predicted molar refractivity (Wildman–Crippen MR) is 98.2 cm³/mol. The lowest BCUT2D eigenvalue weighted by molar-refractivity contribution is -0.153. The predicted octanol–water partition coefficient (Wildman–Crippen LogP) is 1.93. The number of guanidine groups is 1. The summed E-state index contributed by atoms with van der Waals surface area (Å²) in [6.45, 7) is 5.72. The summed E-state index contributed by atoms with van der Waals surface area (Å²) in [7, 11) is 1.65. The third kappa shape index (κ3) is 8.04. The molecule has 0 unspecified atom stereocenters. The van der Waals surface area contributed by atoms with Crippen LogP contribution in [0.2, 0.25) is 0 Å². The van der Waals surface area contributed by atoms with E-state index in [4.69, 9.17) is 9.47 Å². The van der Waals surface area contributed by atoms with Gasteiger partial charge in [-0.15, -0.1) is 0 Å². The van der Waals surface area contributed by atoms with Gasteiger partial charge in [-0.2, -0.15) is 13.2 Å². The average molecular weight is 388 g/mol. The highest BCUT2D eigenvalue weighted by Crippen LogP contribution is 2.23. The molecule has 1 aromatic rings. The molecule has 0 amide bonds. The Bertz CT molecular complexity index is 617. The van der Waals surface area contributed by atoms with Crippen LogP contribution in [0.25, 0.3) is 0 Å². The summed E-state index contributed by atoms with van der Waals surface area (Å²) in [5, 5.41) is 6.32. The number of aliphatic imine (C=N–C) groups is 1. The average Bonchev–Trinajstić information content (AvgIpc) is 2.64. The van der Waals surface area contributed by atoms with E-state index >= 15 is 0 Å². The maximum Gasteiger partial charge on any atom is 0.422 e. The van der Waals surface area contributed by atoms with Crippen LogP contribution < -0.4 is 15.4 Å². The van der Waals surface area contributed by atoms with Gasteiger partial charge in [0, 0.05) is 45.3 Å². The Hall–Kier alpha value is -2.00. The zero-order valence-corrected chi connectivity index (χ0v) is 15.7. The molecule has 0 saturated carbocycles. The molecule has 0 spiro atoms. The van der Waals surface area contributed by atoms with Crippen molar-refractivity contribution in [3.05, 3.63) is 29.3 Å². The molecular formula is C18H27F3N4O2. The number of rotatable bonds is 7. The molecule has 0 aromatic heterocycles. The molecule has 2 N–H and O–H groups in total. The summed E-state index contributed by atoms with van der Waals surface area (Å²) in [6, 6.07) is 5.21. The van der Waals surface area contributed by atoms with E-state index in [1.165, 1.54) is 0 Å². The molecule has 1 aromatic carbocycles. The molecule has 9 heteroatoms. The molecule has 1 heterocycles. The maximum atomic E-state index is 12.5. The van der Waals surface area contributed by atoms with Crippen molar-refractivity contribution < 1.29 is 22.6 Å². The van der Waals surface area contributed by atoms with Gasteiger partial charge in [0.05, 0.1) is 13.2 Å². The molecule has 0 bridgehead atoms. The minimum absolute atomic E-state index is 0.226. The van der Waals surface area contributed by atoms with Crippen LogP contribution in [0, 0.1) is 6.92 Å². The lowest BCUT2D eigenvalue weighted by Gasteiger charge is -2.26. The number of benzene rings is 1. The summed E-state index contributed by atoms with van der Waals surface area (Å²) in [5.41, 5.74) is 1.48. The lowest BCUT2D eigenvalue weighted by Crippen LogP contribution is -2.44. The molecule has 1 aliphatic rings. The number of halogens is 3. The van der Waals surface area contributed by atoms with Gasteiger partial charge in [-0.05, 0) is 18.6 Å². The number of hydrogen-bond acceptors (Lipinski definition) is 4. The molecule has 0 radical (unpaired) electrons. The highest BCUT2D eigenvalue weighted by molar-refractivity contribution is 5.79. The number of nitrogens with one attached hydrogen (secondary N) is 2. The summed E-state index contributed by atoms with van der Waals surface area (Å²) >= 11 is 0. The Morgan fingerprint density at radius 3 is 2.67 bits per heavy atom.